The second kappa shape index (κ2) is 4.62. The first-order chi connectivity index (χ1) is 8.37. The van der Waals surface area contributed by atoms with Gasteiger partial charge in [0.15, 0.2) is 9.84 Å². The van der Waals surface area contributed by atoms with E-state index in [4.69, 9.17) is 17.3 Å². The number of rotatable bonds is 2. The normalized spacial score (nSPS) is 20.8. The molecule has 1 unspecified atom stereocenters. The van der Waals surface area contributed by atoms with Crippen molar-refractivity contribution >= 4 is 33.0 Å². The number of hydrogen-bond donors (Lipinski definition) is 2. The molecule has 1 aliphatic rings. The summed E-state index contributed by atoms with van der Waals surface area (Å²) in [7, 11) is -3.19. The van der Waals surface area contributed by atoms with Gasteiger partial charge < -0.3 is 11.1 Å². The summed E-state index contributed by atoms with van der Waals surface area (Å²) in [6, 6.07) is 4.02. The lowest BCUT2D eigenvalue weighted by Crippen LogP contribution is -2.35. The van der Waals surface area contributed by atoms with Crippen LogP contribution in [0.2, 0.25) is 5.02 Å². The molecule has 3 N–H and O–H groups in total. The number of anilines is 1. The molecule has 1 aromatic rings. The van der Waals surface area contributed by atoms with E-state index in [-0.39, 0.29) is 11.3 Å². The molecule has 18 heavy (non-hydrogen) atoms. The number of nitrogens with two attached hydrogens (primary N) is 1. The monoisotopic (exact) mass is 286 g/mol. The molecule has 0 bridgehead atoms. The Balaban J connectivity index is 2.14. The van der Waals surface area contributed by atoms with Gasteiger partial charge in [0.05, 0.1) is 17.4 Å². The van der Waals surface area contributed by atoms with Gasteiger partial charge in [-0.3, -0.25) is 4.79 Å². The molecule has 96 valence electrons. The first-order valence-corrected chi connectivity index (χ1v) is 7.23. The Kier molecular flexibility index (Phi) is 3.32. The van der Waals surface area contributed by atoms with Crippen LogP contribution in [-0.2, 0) is 9.84 Å². The summed E-state index contributed by atoms with van der Waals surface area (Å²) in [6.45, 7) is 0. The minimum Gasteiger partial charge on any atom is -0.398 e. The number of nitrogens with one attached hydrogen (secondary N) is 1. The van der Waals surface area contributed by atoms with Crippen LogP contribution in [0.4, 0.5) is 5.69 Å². The van der Waals surface area contributed by atoms with E-state index in [0.29, 0.717) is 10.7 Å². The van der Waals surface area contributed by atoms with Gasteiger partial charge in [0.1, 0.15) is 0 Å². The molecular weight excluding hydrogens is 276 g/mol. The zero-order valence-electron chi connectivity index (χ0n) is 9.26. The SMILES string of the molecule is Nc1ccc(Cl)cc1C(=O)NC1C=CS(=O)(=O)C1. The van der Waals surface area contributed by atoms with E-state index >= 15 is 0 Å². The van der Waals surface area contributed by atoms with E-state index in [1.54, 1.807) is 6.07 Å². The largest absolute Gasteiger partial charge is 0.398 e. The lowest BCUT2D eigenvalue weighted by atomic mass is 10.1. The molecule has 0 aromatic heterocycles. The Labute approximate surface area is 110 Å². The third-order valence-corrected chi connectivity index (χ3v) is 4.14. The van der Waals surface area contributed by atoms with E-state index < -0.39 is 21.8 Å². The molecule has 5 nitrogen and oxygen atoms in total. The van der Waals surface area contributed by atoms with Gasteiger partial charge in [0, 0.05) is 16.1 Å². The van der Waals surface area contributed by atoms with Gasteiger partial charge in [-0.15, -0.1) is 0 Å². The van der Waals surface area contributed by atoms with E-state index in [1.165, 1.54) is 18.2 Å². The van der Waals surface area contributed by atoms with Crippen LogP contribution in [0.3, 0.4) is 0 Å². The zero-order valence-corrected chi connectivity index (χ0v) is 10.8. The molecule has 0 spiro atoms. The Hall–Kier alpha value is -1.53. The Morgan fingerprint density at radius 1 is 1.44 bits per heavy atom. The van der Waals surface area contributed by atoms with Gasteiger partial charge in [-0.1, -0.05) is 11.6 Å². The first-order valence-electron chi connectivity index (χ1n) is 5.14. The first kappa shape index (κ1) is 12.9. The average molecular weight is 287 g/mol. The van der Waals surface area contributed by atoms with Crippen molar-refractivity contribution in [2.45, 2.75) is 6.04 Å². The zero-order chi connectivity index (χ0) is 13.3. The summed E-state index contributed by atoms with van der Waals surface area (Å²) in [6.07, 6.45) is 1.44. The maximum absolute atomic E-state index is 11.9. The molecule has 1 aliphatic heterocycles. The minimum absolute atomic E-state index is 0.126. The third-order valence-electron chi connectivity index (χ3n) is 2.51. The average Bonchev–Trinajstić information content (AvgIpc) is 2.61. The summed E-state index contributed by atoms with van der Waals surface area (Å²) >= 11 is 5.78. The molecular formula is C11H11ClN2O3S. The summed E-state index contributed by atoms with van der Waals surface area (Å²) in [5, 5.41) is 4.06. The quantitative estimate of drug-likeness (QED) is 0.793. The van der Waals surface area contributed by atoms with E-state index in [2.05, 4.69) is 5.32 Å². The van der Waals surface area contributed by atoms with Crippen molar-refractivity contribution < 1.29 is 13.2 Å². The third kappa shape index (κ3) is 2.83. The van der Waals surface area contributed by atoms with Crippen LogP contribution in [0, 0.1) is 0 Å². The summed E-state index contributed by atoms with van der Waals surface area (Å²) < 4.78 is 22.4. The highest BCUT2D eigenvalue weighted by Gasteiger charge is 2.24. The maximum Gasteiger partial charge on any atom is 0.253 e. The van der Waals surface area contributed by atoms with Crippen LogP contribution in [0.1, 0.15) is 10.4 Å². The second-order valence-electron chi connectivity index (χ2n) is 3.97. The fourth-order valence-electron chi connectivity index (χ4n) is 1.64. The van der Waals surface area contributed by atoms with Gasteiger partial charge in [-0.2, -0.15) is 0 Å². The van der Waals surface area contributed by atoms with Crippen molar-refractivity contribution in [3.05, 3.63) is 40.3 Å². The number of hydrogen-bond acceptors (Lipinski definition) is 4. The number of halogens is 1. The van der Waals surface area contributed by atoms with Gasteiger partial charge in [0.25, 0.3) is 5.91 Å². The number of carbonyl (C=O) groups excluding carboxylic acids is 1. The Morgan fingerprint density at radius 3 is 2.78 bits per heavy atom. The molecule has 7 heteroatoms. The van der Waals surface area contributed by atoms with Crippen LogP contribution < -0.4 is 11.1 Å². The molecule has 1 heterocycles. The second-order valence-corrected chi connectivity index (χ2v) is 6.34. The van der Waals surface area contributed by atoms with Gasteiger partial charge in [0.2, 0.25) is 0 Å². The number of nitrogen functional groups attached to an aromatic ring is 1. The van der Waals surface area contributed by atoms with Crippen LogP contribution in [0.5, 0.6) is 0 Å². The number of amides is 1. The highest BCUT2D eigenvalue weighted by atomic mass is 35.5. The van der Waals surface area contributed by atoms with Crippen molar-refractivity contribution in [3.63, 3.8) is 0 Å². The lowest BCUT2D eigenvalue weighted by Gasteiger charge is -2.11. The smallest absolute Gasteiger partial charge is 0.253 e. The van der Waals surface area contributed by atoms with Crippen LogP contribution >= 0.6 is 11.6 Å². The molecule has 0 saturated heterocycles. The Bertz CT molecular complexity index is 625. The molecule has 0 aliphatic carbocycles. The van der Waals surface area contributed by atoms with Gasteiger partial charge >= 0.3 is 0 Å². The Morgan fingerprint density at radius 2 is 2.17 bits per heavy atom. The lowest BCUT2D eigenvalue weighted by molar-refractivity contribution is 0.0948. The highest BCUT2D eigenvalue weighted by Crippen LogP contribution is 2.18. The summed E-state index contributed by atoms with van der Waals surface area (Å²) in [4.78, 5) is 11.9. The number of carbonyl (C=O) groups is 1. The predicted molar refractivity (Wildman–Crippen MR) is 70.0 cm³/mol. The van der Waals surface area contributed by atoms with Crippen molar-refractivity contribution in [1.29, 1.82) is 0 Å². The molecule has 1 aromatic carbocycles. The van der Waals surface area contributed by atoms with E-state index in [1.807, 2.05) is 0 Å². The molecule has 1 amide bonds. The number of sulfone groups is 1. The standard InChI is InChI=1S/C11H11ClN2O3S/c12-7-1-2-10(13)9(5-7)11(15)14-8-3-4-18(16,17)6-8/h1-5,8H,6,13H2,(H,14,15). The summed E-state index contributed by atoms with van der Waals surface area (Å²) in [5.41, 5.74) is 6.19. The van der Waals surface area contributed by atoms with Gasteiger partial charge in [-0.25, -0.2) is 8.42 Å². The van der Waals surface area contributed by atoms with Crippen LogP contribution in [0.25, 0.3) is 0 Å². The molecule has 0 radical (unpaired) electrons. The molecule has 0 fully saturated rings. The van der Waals surface area contributed by atoms with Crippen molar-refractivity contribution in [1.82, 2.24) is 5.32 Å². The molecule has 0 saturated carbocycles. The number of benzene rings is 1. The minimum atomic E-state index is -3.19. The maximum atomic E-state index is 11.9. The van der Waals surface area contributed by atoms with E-state index in [0.717, 1.165) is 5.41 Å². The highest BCUT2D eigenvalue weighted by molar-refractivity contribution is 7.94. The summed E-state index contributed by atoms with van der Waals surface area (Å²) in [5.74, 6) is -0.569. The predicted octanol–water partition coefficient (Wildman–Crippen LogP) is 0.963. The molecule has 2 rings (SSSR count). The van der Waals surface area contributed by atoms with Crippen molar-refractivity contribution in [2.75, 3.05) is 11.5 Å². The fraction of sp³-hybridized carbons (Fsp3) is 0.182. The van der Waals surface area contributed by atoms with Crippen molar-refractivity contribution in [2.24, 2.45) is 0 Å². The van der Waals surface area contributed by atoms with Crippen molar-refractivity contribution in [3.8, 4) is 0 Å². The van der Waals surface area contributed by atoms with Gasteiger partial charge in [-0.05, 0) is 24.3 Å². The fourth-order valence-corrected chi connectivity index (χ4v) is 3.04. The topological polar surface area (TPSA) is 89.3 Å². The van der Waals surface area contributed by atoms with E-state index in [9.17, 15) is 13.2 Å². The molecule has 1 atom stereocenters. The van der Waals surface area contributed by atoms with Crippen LogP contribution in [-0.4, -0.2) is 26.1 Å². The van der Waals surface area contributed by atoms with Crippen LogP contribution in [0.15, 0.2) is 29.7 Å².